The molecule has 2 rings (SSSR count). The third kappa shape index (κ3) is 7.71. The summed E-state index contributed by atoms with van der Waals surface area (Å²) >= 11 is 7.61. The van der Waals surface area contributed by atoms with Gasteiger partial charge in [-0.15, -0.1) is 11.8 Å². The van der Waals surface area contributed by atoms with Crippen molar-refractivity contribution in [3.05, 3.63) is 34.3 Å². The molecule has 32 heavy (non-hydrogen) atoms. The third-order valence-electron chi connectivity index (χ3n) is 5.67. The maximum atomic E-state index is 12.1. The van der Waals surface area contributed by atoms with E-state index in [4.69, 9.17) is 25.8 Å². The fourth-order valence-corrected chi connectivity index (χ4v) is 5.50. The van der Waals surface area contributed by atoms with Crippen LogP contribution in [0.25, 0.3) is 0 Å². The first-order chi connectivity index (χ1) is 15.5. The molecule has 0 aliphatic carbocycles. The molecular formula is C25H39ClO5S. The molecule has 1 aromatic rings. The van der Waals surface area contributed by atoms with Crippen LogP contribution in [-0.2, 0) is 19.1 Å². The van der Waals surface area contributed by atoms with E-state index >= 15 is 0 Å². The number of benzene rings is 1. The molecule has 0 amide bonds. The molecule has 1 N–H and O–H groups in total. The van der Waals surface area contributed by atoms with E-state index in [1.165, 1.54) is 11.8 Å². The SMILES string of the molecule is CCCCOC[C@@H]1C[C@H](OCCCC)[C@@H](OCCCC)C(O)(c2ccc(Cl)c(C=O)c2)S1. The van der Waals surface area contributed by atoms with Crippen LogP contribution in [0.2, 0.25) is 5.02 Å². The van der Waals surface area contributed by atoms with Gasteiger partial charge in [0, 0.05) is 30.6 Å². The van der Waals surface area contributed by atoms with Crippen LogP contribution in [0.3, 0.4) is 0 Å². The van der Waals surface area contributed by atoms with Gasteiger partial charge in [0.2, 0.25) is 0 Å². The topological polar surface area (TPSA) is 65.0 Å². The maximum Gasteiger partial charge on any atom is 0.165 e. The smallest absolute Gasteiger partial charge is 0.165 e. The van der Waals surface area contributed by atoms with Crippen molar-refractivity contribution in [1.82, 2.24) is 0 Å². The van der Waals surface area contributed by atoms with Crippen molar-refractivity contribution in [2.45, 2.75) is 88.1 Å². The zero-order valence-corrected chi connectivity index (χ0v) is 21.3. The van der Waals surface area contributed by atoms with Crippen molar-refractivity contribution in [3.8, 4) is 0 Å². The van der Waals surface area contributed by atoms with Gasteiger partial charge in [0.25, 0.3) is 0 Å². The van der Waals surface area contributed by atoms with Gasteiger partial charge in [-0.3, -0.25) is 4.79 Å². The van der Waals surface area contributed by atoms with E-state index in [1.807, 2.05) is 0 Å². The number of unbranched alkanes of at least 4 members (excludes halogenated alkanes) is 3. The van der Waals surface area contributed by atoms with E-state index < -0.39 is 11.0 Å². The second kappa shape index (κ2) is 14.6. The van der Waals surface area contributed by atoms with Gasteiger partial charge in [0.15, 0.2) is 11.2 Å². The average molecular weight is 487 g/mol. The number of halogens is 1. The van der Waals surface area contributed by atoms with Gasteiger partial charge in [0.1, 0.15) is 6.10 Å². The Morgan fingerprint density at radius 1 is 1.09 bits per heavy atom. The van der Waals surface area contributed by atoms with E-state index in [0.717, 1.165) is 51.2 Å². The van der Waals surface area contributed by atoms with Crippen LogP contribution in [0.5, 0.6) is 0 Å². The van der Waals surface area contributed by atoms with Crippen LogP contribution in [0.4, 0.5) is 0 Å². The van der Waals surface area contributed by atoms with Gasteiger partial charge in [-0.25, -0.2) is 0 Å². The molecule has 0 bridgehead atoms. The van der Waals surface area contributed by atoms with E-state index in [1.54, 1.807) is 18.2 Å². The summed E-state index contributed by atoms with van der Waals surface area (Å²) in [6.07, 6.45) is 6.64. The Kier molecular flexibility index (Phi) is 12.6. The molecular weight excluding hydrogens is 448 g/mol. The molecule has 4 atom stereocenters. The van der Waals surface area contributed by atoms with Crippen LogP contribution >= 0.6 is 23.4 Å². The predicted octanol–water partition coefficient (Wildman–Crippen LogP) is 5.99. The molecule has 1 aromatic carbocycles. The number of rotatable bonds is 15. The standard InChI is InChI=1S/C25H39ClO5S/c1-4-7-12-29-18-21-16-23(30-13-8-5-2)24(31-14-9-6-3)25(28,32-21)20-10-11-22(26)19(15-20)17-27/h10-11,15,17,21,23-24,28H,4-9,12-14,16,18H2,1-3H3/t21-,23-,24+,25?/m0/s1. The summed E-state index contributed by atoms with van der Waals surface area (Å²) in [6, 6.07) is 5.11. The lowest BCUT2D eigenvalue weighted by molar-refractivity contribution is -0.147. The van der Waals surface area contributed by atoms with E-state index in [-0.39, 0.29) is 11.4 Å². The fourth-order valence-electron chi connectivity index (χ4n) is 3.77. The highest BCUT2D eigenvalue weighted by Crippen LogP contribution is 2.49. The monoisotopic (exact) mass is 486 g/mol. The van der Waals surface area contributed by atoms with Crippen LogP contribution in [0.1, 0.15) is 81.6 Å². The van der Waals surface area contributed by atoms with Gasteiger partial charge in [-0.1, -0.05) is 57.7 Å². The molecule has 1 aliphatic heterocycles. The molecule has 1 aliphatic rings. The molecule has 0 saturated carbocycles. The Hall–Kier alpha value is -0.630. The Bertz CT molecular complexity index is 688. The van der Waals surface area contributed by atoms with E-state index in [2.05, 4.69) is 20.8 Å². The van der Waals surface area contributed by atoms with Crippen molar-refractivity contribution in [2.24, 2.45) is 0 Å². The first-order valence-corrected chi connectivity index (χ1v) is 13.2. The van der Waals surface area contributed by atoms with Crippen molar-refractivity contribution in [2.75, 3.05) is 26.4 Å². The minimum absolute atomic E-state index is 0.0462. The van der Waals surface area contributed by atoms with Gasteiger partial charge in [-0.05, 0) is 43.4 Å². The molecule has 1 heterocycles. The second-order valence-corrected chi connectivity index (χ2v) is 10.3. The highest BCUT2D eigenvalue weighted by atomic mass is 35.5. The van der Waals surface area contributed by atoms with Crippen molar-refractivity contribution >= 4 is 29.6 Å². The maximum absolute atomic E-state index is 12.1. The lowest BCUT2D eigenvalue weighted by Crippen LogP contribution is -2.54. The Balaban J connectivity index is 2.35. The van der Waals surface area contributed by atoms with Crippen LogP contribution in [0.15, 0.2) is 18.2 Å². The summed E-state index contributed by atoms with van der Waals surface area (Å²) in [5.74, 6) is 0. The summed E-state index contributed by atoms with van der Waals surface area (Å²) in [5.41, 5.74) is 0.966. The largest absolute Gasteiger partial charge is 0.380 e. The number of aliphatic hydroxyl groups is 1. The quantitative estimate of drug-likeness (QED) is 0.242. The number of carbonyl (C=O) groups is 1. The number of hydrogen-bond donors (Lipinski definition) is 1. The minimum Gasteiger partial charge on any atom is -0.380 e. The summed E-state index contributed by atoms with van der Waals surface area (Å²) < 4.78 is 18.5. The number of thioether (sulfide) groups is 1. The van der Waals surface area contributed by atoms with Crippen molar-refractivity contribution in [1.29, 1.82) is 0 Å². The molecule has 1 unspecified atom stereocenters. The molecule has 5 nitrogen and oxygen atoms in total. The number of carbonyl (C=O) groups excluding carboxylic acids is 1. The average Bonchev–Trinajstić information content (AvgIpc) is 2.79. The molecule has 182 valence electrons. The molecule has 0 aromatic heterocycles. The predicted molar refractivity (Wildman–Crippen MR) is 132 cm³/mol. The first kappa shape index (κ1) is 27.6. The minimum atomic E-state index is -1.37. The number of hydrogen-bond acceptors (Lipinski definition) is 6. The molecule has 0 radical (unpaired) electrons. The normalized spacial score (nSPS) is 25.7. The lowest BCUT2D eigenvalue weighted by atomic mass is 9.94. The highest BCUT2D eigenvalue weighted by molar-refractivity contribution is 8.00. The van der Waals surface area contributed by atoms with Gasteiger partial charge in [-0.2, -0.15) is 0 Å². The first-order valence-electron chi connectivity index (χ1n) is 12.0. The van der Waals surface area contributed by atoms with Crippen LogP contribution in [0, 0.1) is 0 Å². The summed E-state index contributed by atoms with van der Waals surface area (Å²) in [6.45, 7) is 8.79. The van der Waals surface area contributed by atoms with Crippen molar-refractivity contribution < 1.29 is 24.1 Å². The zero-order valence-electron chi connectivity index (χ0n) is 19.7. The Morgan fingerprint density at radius 2 is 1.75 bits per heavy atom. The number of aldehydes is 1. The Morgan fingerprint density at radius 3 is 2.41 bits per heavy atom. The number of ether oxygens (including phenoxy) is 3. The summed E-state index contributed by atoms with van der Waals surface area (Å²) in [5, 5.41) is 12.5. The van der Waals surface area contributed by atoms with Crippen LogP contribution in [-0.4, -0.2) is 55.3 Å². The second-order valence-electron chi connectivity index (χ2n) is 8.36. The van der Waals surface area contributed by atoms with E-state index in [9.17, 15) is 9.90 Å². The molecule has 1 fully saturated rings. The lowest BCUT2D eigenvalue weighted by Gasteiger charge is -2.46. The molecule has 1 saturated heterocycles. The van der Waals surface area contributed by atoms with E-state index in [0.29, 0.717) is 42.6 Å². The molecule has 0 spiro atoms. The Labute approximate surface area is 202 Å². The molecule has 7 heteroatoms. The van der Waals surface area contributed by atoms with Gasteiger partial charge in [0.05, 0.1) is 17.7 Å². The van der Waals surface area contributed by atoms with Crippen LogP contribution < -0.4 is 0 Å². The summed E-state index contributed by atoms with van der Waals surface area (Å²) in [7, 11) is 0. The van der Waals surface area contributed by atoms with Gasteiger partial charge >= 0.3 is 0 Å². The van der Waals surface area contributed by atoms with Crippen molar-refractivity contribution in [3.63, 3.8) is 0 Å². The summed E-state index contributed by atoms with van der Waals surface area (Å²) in [4.78, 5) is 10.1. The highest BCUT2D eigenvalue weighted by Gasteiger charge is 2.51. The zero-order chi connectivity index (χ0) is 23.4. The third-order valence-corrected chi connectivity index (χ3v) is 7.51. The van der Waals surface area contributed by atoms with Gasteiger partial charge < -0.3 is 19.3 Å². The fraction of sp³-hybridized carbons (Fsp3) is 0.720.